The van der Waals surface area contributed by atoms with Gasteiger partial charge in [-0.25, -0.2) is 0 Å². The van der Waals surface area contributed by atoms with Gasteiger partial charge in [0.2, 0.25) is 0 Å². The molecule has 2 heterocycles. The van der Waals surface area contributed by atoms with Crippen molar-refractivity contribution in [2.24, 2.45) is 5.92 Å². The van der Waals surface area contributed by atoms with E-state index in [9.17, 15) is 9.59 Å². The van der Waals surface area contributed by atoms with Crippen molar-refractivity contribution in [1.82, 2.24) is 9.47 Å². The van der Waals surface area contributed by atoms with Gasteiger partial charge in [0, 0.05) is 25.8 Å². The number of methoxy groups -OCH3 is 1. The average molecular weight is 265 g/mol. The van der Waals surface area contributed by atoms with Gasteiger partial charge in [0.25, 0.3) is 5.56 Å². The Labute approximate surface area is 111 Å². The molecule has 0 amide bonds. The number of ether oxygens (including phenoxy) is 1. The van der Waals surface area contributed by atoms with Crippen LogP contribution in [-0.4, -0.2) is 42.2 Å². The van der Waals surface area contributed by atoms with Gasteiger partial charge >= 0.3 is 5.97 Å². The van der Waals surface area contributed by atoms with Crippen molar-refractivity contribution in [3.8, 4) is 0 Å². The van der Waals surface area contributed by atoms with Crippen LogP contribution in [0.25, 0.3) is 0 Å². The average Bonchev–Trinajstić information content (AvgIpc) is 2.88. The zero-order valence-corrected chi connectivity index (χ0v) is 11.0. The summed E-state index contributed by atoms with van der Waals surface area (Å²) >= 11 is 0. The summed E-state index contributed by atoms with van der Waals surface area (Å²) in [5.74, 6) is -0.189. The summed E-state index contributed by atoms with van der Waals surface area (Å²) < 4.78 is 6.34. The highest BCUT2D eigenvalue weighted by Crippen LogP contribution is 2.17. The van der Waals surface area contributed by atoms with Crippen LogP contribution in [0.3, 0.4) is 0 Å². The van der Waals surface area contributed by atoms with Crippen molar-refractivity contribution in [1.29, 1.82) is 0 Å². The highest BCUT2D eigenvalue weighted by Gasteiger charge is 2.28. The lowest BCUT2D eigenvalue weighted by Gasteiger charge is -2.16. The smallest absolute Gasteiger partial charge is 0.310 e. The first-order valence-corrected chi connectivity index (χ1v) is 6.37. The molecule has 1 fully saturated rings. The molecule has 1 atom stereocenters. The third kappa shape index (κ3) is 3.14. The first kappa shape index (κ1) is 13.6. The molecule has 6 nitrogen and oxygen atoms in total. The number of nitrogen functional groups attached to an aromatic ring is 1. The molecule has 1 unspecified atom stereocenters. The predicted octanol–water partition coefficient (Wildman–Crippen LogP) is -0.0746. The van der Waals surface area contributed by atoms with E-state index < -0.39 is 0 Å². The van der Waals surface area contributed by atoms with Crippen LogP contribution in [0.2, 0.25) is 0 Å². The largest absolute Gasteiger partial charge is 0.469 e. The maximum atomic E-state index is 11.7. The number of hydrogen-bond acceptors (Lipinski definition) is 5. The Morgan fingerprint density at radius 2 is 2.32 bits per heavy atom. The highest BCUT2D eigenvalue weighted by atomic mass is 16.5. The van der Waals surface area contributed by atoms with E-state index in [1.807, 2.05) is 0 Å². The summed E-state index contributed by atoms with van der Waals surface area (Å²) in [6.07, 6.45) is 2.55. The van der Waals surface area contributed by atoms with Crippen molar-refractivity contribution in [3.63, 3.8) is 0 Å². The fourth-order valence-electron chi connectivity index (χ4n) is 2.38. The van der Waals surface area contributed by atoms with Gasteiger partial charge < -0.3 is 19.9 Å². The van der Waals surface area contributed by atoms with Crippen LogP contribution in [0, 0.1) is 5.92 Å². The number of carbonyl (C=O) groups is 1. The molecule has 0 aromatic carbocycles. The third-order valence-corrected chi connectivity index (χ3v) is 3.51. The normalized spacial score (nSPS) is 19.5. The van der Waals surface area contributed by atoms with E-state index in [-0.39, 0.29) is 23.1 Å². The van der Waals surface area contributed by atoms with Gasteiger partial charge in [-0.1, -0.05) is 0 Å². The van der Waals surface area contributed by atoms with Crippen molar-refractivity contribution in [3.05, 3.63) is 28.7 Å². The Morgan fingerprint density at radius 3 is 3.05 bits per heavy atom. The second-order valence-electron chi connectivity index (χ2n) is 4.77. The van der Waals surface area contributed by atoms with E-state index in [0.717, 1.165) is 19.5 Å². The van der Waals surface area contributed by atoms with Crippen molar-refractivity contribution in [2.45, 2.75) is 13.0 Å². The number of nitrogens with zero attached hydrogens (tertiary/aromatic N) is 2. The SMILES string of the molecule is COC(=O)C1CCN(CCn2cccc(N)c2=O)C1. The lowest BCUT2D eigenvalue weighted by Crippen LogP contribution is -2.31. The highest BCUT2D eigenvalue weighted by molar-refractivity contribution is 5.72. The molecular formula is C13H19N3O3. The summed E-state index contributed by atoms with van der Waals surface area (Å²) in [5, 5.41) is 0. The van der Waals surface area contributed by atoms with E-state index >= 15 is 0 Å². The van der Waals surface area contributed by atoms with Crippen molar-refractivity contribution < 1.29 is 9.53 Å². The van der Waals surface area contributed by atoms with Crippen LogP contribution in [0.1, 0.15) is 6.42 Å². The van der Waals surface area contributed by atoms with Gasteiger partial charge in [0.1, 0.15) is 0 Å². The minimum absolute atomic E-state index is 0.0393. The van der Waals surface area contributed by atoms with Crippen LogP contribution >= 0.6 is 0 Å². The summed E-state index contributed by atoms with van der Waals surface area (Å²) in [5.41, 5.74) is 5.68. The quantitative estimate of drug-likeness (QED) is 0.771. The first-order valence-electron chi connectivity index (χ1n) is 6.37. The summed E-state index contributed by atoms with van der Waals surface area (Å²) in [6.45, 7) is 2.87. The van der Waals surface area contributed by atoms with Gasteiger partial charge in [-0.3, -0.25) is 9.59 Å². The van der Waals surface area contributed by atoms with E-state index in [1.165, 1.54) is 7.11 Å². The molecule has 1 aromatic heterocycles. The van der Waals surface area contributed by atoms with Gasteiger partial charge in [0.15, 0.2) is 0 Å². The lowest BCUT2D eigenvalue weighted by molar-refractivity contribution is -0.144. The standard InChI is InChI=1S/C13H19N3O3/c1-19-13(18)10-4-6-15(9-10)7-8-16-5-2-3-11(14)12(16)17/h2-3,5,10H,4,6-9,14H2,1H3. The molecule has 2 N–H and O–H groups in total. The van der Waals surface area contributed by atoms with Gasteiger partial charge in [-0.05, 0) is 25.1 Å². The molecule has 0 saturated carbocycles. The minimum atomic E-state index is -0.161. The molecule has 1 aromatic rings. The Bertz CT molecular complexity index is 512. The van der Waals surface area contributed by atoms with Crippen LogP contribution in [0.4, 0.5) is 5.69 Å². The molecule has 6 heteroatoms. The van der Waals surface area contributed by atoms with Crippen LogP contribution in [0.15, 0.2) is 23.1 Å². The molecule has 0 bridgehead atoms. The second kappa shape index (κ2) is 5.88. The van der Waals surface area contributed by atoms with Crippen LogP contribution in [-0.2, 0) is 16.1 Å². The predicted molar refractivity (Wildman–Crippen MR) is 71.7 cm³/mol. The second-order valence-corrected chi connectivity index (χ2v) is 4.77. The molecule has 0 spiro atoms. The number of aromatic nitrogens is 1. The number of pyridine rings is 1. The maximum Gasteiger partial charge on any atom is 0.310 e. The first-order chi connectivity index (χ1) is 9.11. The number of hydrogen-bond donors (Lipinski definition) is 1. The van der Waals surface area contributed by atoms with E-state index in [4.69, 9.17) is 10.5 Å². The number of anilines is 1. The lowest BCUT2D eigenvalue weighted by atomic mass is 10.1. The number of esters is 1. The molecule has 1 aliphatic heterocycles. The Hall–Kier alpha value is -1.82. The molecule has 19 heavy (non-hydrogen) atoms. The molecule has 0 aliphatic carbocycles. The zero-order chi connectivity index (χ0) is 13.8. The molecular weight excluding hydrogens is 246 g/mol. The number of nitrogens with two attached hydrogens (primary N) is 1. The Morgan fingerprint density at radius 1 is 1.53 bits per heavy atom. The van der Waals surface area contributed by atoms with E-state index in [2.05, 4.69) is 4.90 Å². The fourth-order valence-corrected chi connectivity index (χ4v) is 2.38. The van der Waals surface area contributed by atoms with Gasteiger partial charge in [0.05, 0.1) is 18.7 Å². The summed E-state index contributed by atoms with van der Waals surface area (Å²) in [6, 6.07) is 3.36. The monoisotopic (exact) mass is 265 g/mol. The molecule has 1 aliphatic rings. The third-order valence-electron chi connectivity index (χ3n) is 3.51. The summed E-state index contributed by atoms with van der Waals surface area (Å²) in [7, 11) is 1.41. The van der Waals surface area contributed by atoms with Gasteiger partial charge in [-0.2, -0.15) is 0 Å². The number of carbonyl (C=O) groups excluding carboxylic acids is 1. The fraction of sp³-hybridized carbons (Fsp3) is 0.538. The molecule has 104 valence electrons. The topological polar surface area (TPSA) is 77.6 Å². The Kier molecular flexibility index (Phi) is 4.21. The minimum Gasteiger partial charge on any atom is -0.469 e. The molecule has 2 rings (SSSR count). The number of rotatable bonds is 4. The van der Waals surface area contributed by atoms with Crippen molar-refractivity contribution in [2.75, 3.05) is 32.5 Å². The van der Waals surface area contributed by atoms with Crippen LogP contribution in [0.5, 0.6) is 0 Å². The number of likely N-dealkylation sites (tertiary alicyclic amines) is 1. The van der Waals surface area contributed by atoms with Crippen LogP contribution < -0.4 is 11.3 Å². The van der Waals surface area contributed by atoms with Crippen molar-refractivity contribution >= 4 is 11.7 Å². The molecule has 1 saturated heterocycles. The zero-order valence-electron chi connectivity index (χ0n) is 11.0. The van der Waals surface area contributed by atoms with E-state index in [1.54, 1.807) is 22.9 Å². The maximum absolute atomic E-state index is 11.7. The molecule has 0 radical (unpaired) electrons. The summed E-state index contributed by atoms with van der Waals surface area (Å²) in [4.78, 5) is 25.3. The van der Waals surface area contributed by atoms with Gasteiger partial charge in [-0.15, -0.1) is 0 Å². The van der Waals surface area contributed by atoms with E-state index in [0.29, 0.717) is 13.1 Å². The Balaban J connectivity index is 1.89.